The molecule has 0 fully saturated rings. The maximum absolute atomic E-state index is 14.2. The van der Waals surface area contributed by atoms with Crippen LogP contribution in [0, 0.1) is 12.7 Å². The zero-order valence-corrected chi connectivity index (χ0v) is 23.6. The Kier molecular flexibility index (Phi) is 8.13. The quantitative estimate of drug-likeness (QED) is 0.315. The third-order valence-corrected chi connectivity index (χ3v) is 6.52. The summed E-state index contributed by atoms with van der Waals surface area (Å²) >= 11 is 0. The third-order valence-electron chi connectivity index (χ3n) is 6.52. The van der Waals surface area contributed by atoms with E-state index in [4.69, 9.17) is 9.47 Å². The highest BCUT2D eigenvalue weighted by atomic mass is 19.1. The van der Waals surface area contributed by atoms with E-state index in [1.165, 1.54) is 21.7 Å². The molecule has 0 atom stereocenters. The summed E-state index contributed by atoms with van der Waals surface area (Å²) < 4.78 is 29.1. The van der Waals surface area contributed by atoms with Crippen LogP contribution < -0.4 is 4.74 Å². The van der Waals surface area contributed by atoms with Crippen LogP contribution in [0.5, 0.6) is 5.75 Å². The number of amides is 1. The highest BCUT2D eigenvalue weighted by Crippen LogP contribution is 2.32. The van der Waals surface area contributed by atoms with Gasteiger partial charge in [0.25, 0.3) is 0 Å². The van der Waals surface area contributed by atoms with E-state index in [1.807, 2.05) is 43.5 Å². The SMILES string of the molecule is Cc1c(CCOc2cc(F)ccc2-c2ccc3ncc(CCN(C)C(=O)OC(C)(C)C)n3c2)c(C(=O)O)nn1C. The number of carboxylic acids is 1. The number of fused-ring (bicyclic) bond motifs is 1. The Balaban J connectivity index is 1.53. The minimum absolute atomic E-state index is 0.0153. The molecule has 0 saturated heterocycles. The first-order valence-electron chi connectivity index (χ1n) is 12.9. The summed E-state index contributed by atoms with van der Waals surface area (Å²) in [5.41, 5.74) is 3.80. The van der Waals surface area contributed by atoms with Crippen LogP contribution in [0.2, 0.25) is 0 Å². The number of aromatic nitrogens is 4. The molecule has 11 heteroatoms. The van der Waals surface area contributed by atoms with Gasteiger partial charge in [0.15, 0.2) is 5.69 Å². The lowest BCUT2D eigenvalue weighted by atomic mass is 10.1. The topological polar surface area (TPSA) is 111 Å². The predicted molar refractivity (Wildman–Crippen MR) is 147 cm³/mol. The number of aromatic carboxylic acids is 1. The van der Waals surface area contributed by atoms with Crippen molar-refractivity contribution in [3.63, 3.8) is 0 Å². The molecule has 3 aromatic heterocycles. The van der Waals surface area contributed by atoms with Crippen molar-refractivity contribution < 1.29 is 28.6 Å². The number of likely N-dealkylation sites (N-methyl/N-ethyl adjacent to an activating group) is 1. The fraction of sp³-hybridized carbons (Fsp3) is 0.379. The number of halogens is 1. The Labute approximate surface area is 232 Å². The molecule has 0 aliphatic carbocycles. The van der Waals surface area contributed by atoms with Gasteiger partial charge in [-0.2, -0.15) is 5.10 Å². The summed E-state index contributed by atoms with van der Waals surface area (Å²) in [6, 6.07) is 8.08. The Morgan fingerprint density at radius 1 is 1.15 bits per heavy atom. The van der Waals surface area contributed by atoms with Gasteiger partial charge in [-0.05, 0) is 52.0 Å². The zero-order chi connectivity index (χ0) is 29.2. The highest BCUT2D eigenvalue weighted by Gasteiger charge is 2.21. The number of carboxylic acid groups (broad SMARTS) is 1. The minimum Gasteiger partial charge on any atom is -0.492 e. The lowest BCUT2D eigenvalue weighted by molar-refractivity contribution is 0.0300. The van der Waals surface area contributed by atoms with Crippen LogP contribution in [0.4, 0.5) is 9.18 Å². The number of carbonyl (C=O) groups excluding carboxylic acids is 1. The maximum Gasteiger partial charge on any atom is 0.410 e. The first-order chi connectivity index (χ1) is 18.8. The van der Waals surface area contributed by atoms with Gasteiger partial charge in [0.05, 0.1) is 6.61 Å². The monoisotopic (exact) mass is 551 g/mol. The number of carbonyl (C=O) groups is 2. The van der Waals surface area contributed by atoms with Gasteiger partial charge in [-0.15, -0.1) is 0 Å². The molecule has 212 valence electrons. The third kappa shape index (κ3) is 6.41. The Hall–Kier alpha value is -4.41. The number of nitrogens with zero attached hydrogens (tertiary/aromatic N) is 5. The summed E-state index contributed by atoms with van der Waals surface area (Å²) in [4.78, 5) is 29.9. The molecule has 3 heterocycles. The first kappa shape index (κ1) is 28.6. The summed E-state index contributed by atoms with van der Waals surface area (Å²) in [6.45, 7) is 7.84. The van der Waals surface area contributed by atoms with Gasteiger partial charge in [0, 0.05) is 80.0 Å². The van der Waals surface area contributed by atoms with Crippen molar-refractivity contribution in [2.24, 2.45) is 7.05 Å². The molecule has 0 spiro atoms. The van der Waals surface area contributed by atoms with E-state index in [0.717, 1.165) is 22.6 Å². The van der Waals surface area contributed by atoms with Crippen LogP contribution in [-0.4, -0.2) is 67.0 Å². The van der Waals surface area contributed by atoms with E-state index in [-0.39, 0.29) is 12.3 Å². The van der Waals surface area contributed by atoms with E-state index in [1.54, 1.807) is 33.3 Å². The van der Waals surface area contributed by atoms with Crippen LogP contribution in [-0.2, 0) is 24.6 Å². The van der Waals surface area contributed by atoms with Crippen molar-refractivity contribution in [2.45, 2.75) is 46.1 Å². The normalized spacial score (nSPS) is 11.6. The fourth-order valence-electron chi connectivity index (χ4n) is 4.33. The molecule has 1 amide bonds. The molecule has 0 aliphatic rings. The number of aryl methyl sites for hydroxylation is 1. The fourth-order valence-corrected chi connectivity index (χ4v) is 4.33. The van der Waals surface area contributed by atoms with Gasteiger partial charge in [-0.25, -0.2) is 19.0 Å². The van der Waals surface area contributed by atoms with Crippen molar-refractivity contribution in [3.05, 3.63) is 71.2 Å². The van der Waals surface area contributed by atoms with E-state index < -0.39 is 23.5 Å². The van der Waals surface area contributed by atoms with Crippen LogP contribution in [0.15, 0.2) is 42.7 Å². The summed E-state index contributed by atoms with van der Waals surface area (Å²) in [7, 11) is 3.38. The molecular weight excluding hydrogens is 517 g/mol. The average molecular weight is 552 g/mol. The van der Waals surface area contributed by atoms with Crippen molar-refractivity contribution in [1.82, 2.24) is 24.1 Å². The Morgan fingerprint density at radius 2 is 1.90 bits per heavy atom. The molecule has 4 rings (SSSR count). The second-order valence-electron chi connectivity index (χ2n) is 10.6. The van der Waals surface area contributed by atoms with Gasteiger partial charge < -0.3 is 23.9 Å². The van der Waals surface area contributed by atoms with Gasteiger partial charge in [0.2, 0.25) is 0 Å². The summed E-state index contributed by atoms with van der Waals surface area (Å²) in [5.74, 6) is -1.21. The molecule has 0 aliphatic heterocycles. The summed E-state index contributed by atoms with van der Waals surface area (Å²) in [5, 5.41) is 13.5. The number of hydrogen-bond donors (Lipinski definition) is 1. The first-order valence-corrected chi connectivity index (χ1v) is 12.9. The van der Waals surface area contributed by atoms with E-state index in [0.29, 0.717) is 36.3 Å². The van der Waals surface area contributed by atoms with Crippen LogP contribution in [0.1, 0.15) is 48.2 Å². The molecule has 1 N–H and O–H groups in total. The van der Waals surface area contributed by atoms with E-state index in [2.05, 4.69) is 10.1 Å². The highest BCUT2D eigenvalue weighted by molar-refractivity contribution is 5.87. The lowest BCUT2D eigenvalue weighted by Gasteiger charge is -2.24. The number of ether oxygens (including phenoxy) is 2. The standard InChI is InChI=1S/C29H34FN5O5/c1-18-22(26(27(36)37)32-34(18)6)12-14-39-24-15-20(30)8-9-23(24)19-7-10-25-31-16-21(35(25)17-19)11-13-33(5)28(38)40-29(2,3)4/h7-10,15-17H,11-14H2,1-6H3,(H,36,37). The minimum atomic E-state index is -1.10. The number of imidazole rings is 1. The van der Waals surface area contributed by atoms with Gasteiger partial charge in [-0.1, -0.05) is 0 Å². The van der Waals surface area contributed by atoms with Crippen molar-refractivity contribution in [3.8, 4) is 16.9 Å². The van der Waals surface area contributed by atoms with E-state index >= 15 is 0 Å². The van der Waals surface area contributed by atoms with Crippen LogP contribution in [0.3, 0.4) is 0 Å². The molecule has 0 radical (unpaired) electrons. The second-order valence-corrected chi connectivity index (χ2v) is 10.6. The second kappa shape index (κ2) is 11.4. The number of rotatable bonds is 9. The molecule has 1 aromatic carbocycles. The van der Waals surface area contributed by atoms with Gasteiger partial charge >= 0.3 is 12.1 Å². The average Bonchev–Trinajstić information content (AvgIpc) is 3.41. The molecule has 0 bridgehead atoms. The molecule has 4 aromatic rings. The maximum atomic E-state index is 14.2. The van der Waals surface area contributed by atoms with Crippen molar-refractivity contribution in [2.75, 3.05) is 20.2 Å². The number of hydrogen-bond acceptors (Lipinski definition) is 6. The van der Waals surface area contributed by atoms with Gasteiger partial charge in [-0.3, -0.25) is 4.68 Å². The molecule has 0 saturated carbocycles. The van der Waals surface area contributed by atoms with Gasteiger partial charge in [0.1, 0.15) is 22.8 Å². The van der Waals surface area contributed by atoms with E-state index in [9.17, 15) is 19.1 Å². The smallest absolute Gasteiger partial charge is 0.410 e. The molecule has 40 heavy (non-hydrogen) atoms. The molecular formula is C29H34FN5O5. The number of pyridine rings is 1. The zero-order valence-electron chi connectivity index (χ0n) is 23.6. The number of benzene rings is 1. The molecule has 10 nitrogen and oxygen atoms in total. The lowest BCUT2D eigenvalue weighted by Crippen LogP contribution is -2.35. The Bertz CT molecular complexity index is 1550. The van der Waals surface area contributed by atoms with Crippen LogP contribution >= 0.6 is 0 Å². The van der Waals surface area contributed by atoms with Crippen molar-refractivity contribution >= 4 is 17.7 Å². The molecule has 0 unspecified atom stereocenters. The van der Waals surface area contributed by atoms with Crippen molar-refractivity contribution in [1.29, 1.82) is 0 Å². The summed E-state index contributed by atoms with van der Waals surface area (Å²) in [6.07, 6.45) is 4.11. The largest absolute Gasteiger partial charge is 0.492 e. The van der Waals surface area contributed by atoms with Crippen LogP contribution in [0.25, 0.3) is 16.8 Å². The predicted octanol–water partition coefficient (Wildman–Crippen LogP) is 4.91. The Morgan fingerprint density at radius 3 is 2.60 bits per heavy atom.